The van der Waals surface area contributed by atoms with Gasteiger partial charge in [-0.2, -0.15) is 0 Å². The van der Waals surface area contributed by atoms with E-state index in [4.69, 9.17) is 28.1 Å². The monoisotopic (exact) mass is 589 g/mol. The van der Waals surface area contributed by atoms with Crippen molar-refractivity contribution in [1.82, 2.24) is 4.57 Å². The quantitative estimate of drug-likeness (QED) is 0.205. The second-order valence-corrected chi connectivity index (χ2v) is 9.62. The molecule has 0 fully saturated rings. The van der Waals surface area contributed by atoms with Crippen molar-refractivity contribution >= 4 is 27.8 Å². The summed E-state index contributed by atoms with van der Waals surface area (Å²) in [6.45, 7) is -0.144. The van der Waals surface area contributed by atoms with E-state index in [1.165, 1.54) is 39.1 Å². The van der Waals surface area contributed by atoms with Gasteiger partial charge >= 0.3 is 11.6 Å². The Balaban J connectivity index is 1.85. The number of hydrogen-bond acceptors (Lipinski definition) is 9. The summed E-state index contributed by atoms with van der Waals surface area (Å²) in [5.74, 6) is 0.937. The molecular weight excluding hydrogens is 558 g/mol. The Kier molecular flexibility index (Phi) is 8.18. The minimum absolute atomic E-state index is 0.0813. The minimum atomic E-state index is -1.24. The first-order chi connectivity index (χ1) is 20.8. The van der Waals surface area contributed by atoms with Crippen LogP contribution in [0.1, 0.15) is 21.6 Å². The topological polar surface area (TPSA) is 139 Å². The number of rotatable bonds is 11. The number of ether oxygens (including phenoxy) is 5. The number of aromatic nitrogens is 1. The molecule has 0 amide bonds. The SMILES string of the molecule is COc1cc(-c2c(C(=O)O)n(CCc3ccc(OC)c(OC)c3)c3c(=O)oc4cc(OC)c(OC)cc4c23)ccc1CO. The Hall–Kier alpha value is -5.16. The van der Waals surface area contributed by atoms with E-state index in [1.54, 1.807) is 43.5 Å². The highest BCUT2D eigenvalue weighted by molar-refractivity contribution is 6.17. The number of methoxy groups -OCH3 is 5. The molecule has 5 aromatic rings. The van der Waals surface area contributed by atoms with Crippen molar-refractivity contribution in [3.63, 3.8) is 0 Å². The van der Waals surface area contributed by atoms with Crippen LogP contribution in [0.2, 0.25) is 0 Å². The van der Waals surface area contributed by atoms with Gasteiger partial charge in [0, 0.05) is 34.5 Å². The number of aliphatic hydroxyl groups excluding tert-OH is 1. The van der Waals surface area contributed by atoms with Crippen molar-refractivity contribution in [2.75, 3.05) is 35.5 Å². The van der Waals surface area contributed by atoms with Crippen molar-refractivity contribution in [3.8, 4) is 39.9 Å². The fourth-order valence-corrected chi connectivity index (χ4v) is 5.42. The Morgan fingerprint density at radius 2 is 1.47 bits per heavy atom. The van der Waals surface area contributed by atoms with Crippen LogP contribution >= 0.6 is 0 Å². The van der Waals surface area contributed by atoms with Crippen molar-refractivity contribution in [3.05, 3.63) is 75.8 Å². The summed E-state index contributed by atoms with van der Waals surface area (Å²) >= 11 is 0. The van der Waals surface area contributed by atoms with E-state index in [0.717, 1.165) is 5.56 Å². The number of aryl methyl sites for hydroxylation is 2. The van der Waals surface area contributed by atoms with Crippen molar-refractivity contribution in [2.45, 2.75) is 19.6 Å². The first kappa shape index (κ1) is 29.3. The van der Waals surface area contributed by atoms with Gasteiger partial charge < -0.3 is 42.9 Å². The van der Waals surface area contributed by atoms with Crippen LogP contribution in [0.5, 0.6) is 28.7 Å². The van der Waals surface area contributed by atoms with E-state index in [0.29, 0.717) is 62.6 Å². The predicted octanol–water partition coefficient (Wildman–Crippen LogP) is 4.89. The largest absolute Gasteiger partial charge is 0.496 e. The molecule has 0 radical (unpaired) electrons. The van der Waals surface area contributed by atoms with Crippen LogP contribution in [0.25, 0.3) is 33.0 Å². The summed E-state index contributed by atoms with van der Waals surface area (Å²) in [5.41, 5.74) is 1.59. The first-order valence-corrected chi connectivity index (χ1v) is 13.3. The lowest BCUT2D eigenvalue weighted by atomic mass is 9.98. The summed E-state index contributed by atoms with van der Waals surface area (Å²) in [5, 5.41) is 21.2. The van der Waals surface area contributed by atoms with Gasteiger partial charge in [-0.1, -0.05) is 18.2 Å². The molecule has 11 heteroatoms. The Morgan fingerprint density at radius 1 is 0.814 bits per heavy atom. The number of nitrogens with zero attached hydrogens (tertiary/aromatic N) is 1. The van der Waals surface area contributed by atoms with Gasteiger partial charge in [0.2, 0.25) is 0 Å². The molecule has 2 heterocycles. The highest BCUT2D eigenvalue weighted by Gasteiger charge is 2.29. The normalized spacial score (nSPS) is 11.1. The zero-order valence-electron chi connectivity index (χ0n) is 24.3. The van der Waals surface area contributed by atoms with Gasteiger partial charge in [-0.05, 0) is 41.8 Å². The third-order valence-electron chi connectivity index (χ3n) is 7.44. The molecule has 0 unspecified atom stereocenters. The van der Waals surface area contributed by atoms with E-state index in [1.807, 2.05) is 6.07 Å². The number of aromatic carboxylic acids is 1. The number of hydrogen-bond donors (Lipinski definition) is 2. The molecule has 0 atom stereocenters. The number of carboxylic acid groups (broad SMARTS) is 1. The Morgan fingerprint density at radius 3 is 2.09 bits per heavy atom. The van der Waals surface area contributed by atoms with Crippen molar-refractivity contribution in [2.24, 2.45) is 0 Å². The molecule has 43 heavy (non-hydrogen) atoms. The second-order valence-electron chi connectivity index (χ2n) is 9.62. The fraction of sp³-hybridized carbons (Fsp3) is 0.250. The maximum atomic E-state index is 13.7. The third kappa shape index (κ3) is 5.08. The molecular formula is C32H31NO10. The lowest BCUT2D eigenvalue weighted by molar-refractivity contribution is 0.0686. The lowest BCUT2D eigenvalue weighted by Gasteiger charge is -2.12. The van der Waals surface area contributed by atoms with E-state index < -0.39 is 11.6 Å². The zero-order chi connectivity index (χ0) is 30.8. The van der Waals surface area contributed by atoms with Gasteiger partial charge in [0.05, 0.1) is 42.2 Å². The summed E-state index contributed by atoms with van der Waals surface area (Å²) in [6.07, 6.45) is 0.361. The van der Waals surface area contributed by atoms with Crippen LogP contribution in [-0.2, 0) is 19.6 Å². The summed E-state index contributed by atoms with van der Waals surface area (Å²) in [6, 6.07) is 13.6. The fourth-order valence-electron chi connectivity index (χ4n) is 5.42. The van der Waals surface area contributed by atoms with Crippen LogP contribution < -0.4 is 29.3 Å². The zero-order valence-corrected chi connectivity index (χ0v) is 24.3. The highest BCUT2D eigenvalue weighted by Crippen LogP contribution is 2.43. The summed E-state index contributed by atoms with van der Waals surface area (Å²) < 4.78 is 34.4. The molecule has 0 spiro atoms. The predicted molar refractivity (Wildman–Crippen MR) is 159 cm³/mol. The van der Waals surface area contributed by atoms with Crippen LogP contribution in [0, 0.1) is 0 Å². The molecule has 11 nitrogen and oxygen atoms in total. The van der Waals surface area contributed by atoms with Gasteiger partial charge in [0.15, 0.2) is 23.0 Å². The molecule has 0 saturated carbocycles. The van der Waals surface area contributed by atoms with Crippen molar-refractivity contribution < 1.29 is 43.1 Å². The molecule has 2 aromatic heterocycles. The third-order valence-corrected chi connectivity index (χ3v) is 7.44. The van der Waals surface area contributed by atoms with Gasteiger partial charge in [-0.3, -0.25) is 0 Å². The second kappa shape index (κ2) is 12.0. The van der Waals surface area contributed by atoms with E-state index >= 15 is 0 Å². The molecule has 0 saturated heterocycles. The van der Waals surface area contributed by atoms with Crippen LogP contribution in [0.4, 0.5) is 0 Å². The number of aliphatic hydroxyl groups is 1. The van der Waals surface area contributed by atoms with Gasteiger partial charge in [-0.25, -0.2) is 9.59 Å². The smallest absolute Gasteiger partial charge is 0.361 e. The highest BCUT2D eigenvalue weighted by atomic mass is 16.5. The molecule has 0 aliphatic rings. The molecule has 0 aliphatic heterocycles. The Bertz CT molecular complexity index is 1900. The van der Waals surface area contributed by atoms with Crippen molar-refractivity contribution in [1.29, 1.82) is 0 Å². The lowest BCUT2D eigenvalue weighted by Crippen LogP contribution is -2.14. The van der Waals surface area contributed by atoms with E-state index in [-0.39, 0.29) is 29.9 Å². The molecule has 0 aliphatic carbocycles. The molecule has 5 rings (SSSR count). The maximum absolute atomic E-state index is 13.7. The van der Waals surface area contributed by atoms with Crippen LogP contribution in [0.15, 0.2) is 57.7 Å². The standard InChI is InChI=1S/C32H31NO10/c1-38-21-9-6-17(12-24(21)40-3)10-11-33-29(31(35)36)27(18-7-8-19(16-34)22(13-18)39-2)28-20-14-25(41-4)26(42-5)15-23(20)43-32(37)30(28)33/h6-9,12-15,34H,10-11,16H2,1-5H3,(H,35,36). The number of carbonyl (C=O) groups is 1. The van der Waals surface area contributed by atoms with Gasteiger partial charge in [-0.15, -0.1) is 0 Å². The van der Waals surface area contributed by atoms with Crippen LogP contribution in [0.3, 0.4) is 0 Å². The van der Waals surface area contributed by atoms with Crippen LogP contribution in [-0.4, -0.2) is 56.3 Å². The average molecular weight is 590 g/mol. The molecule has 2 N–H and O–H groups in total. The van der Waals surface area contributed by atoms with E-state index in [9.17, 15) is 19.8 Å². The average Bonchev–Trinajstić information content (AvgIpc) is 3.38. The molecule has 224 valence electrons. The number of carboxylic acids is 1. The maximum Gasteiger partial charge on any atom is 0.361 e. The van der Waals surface area contributed by atoms with Gasteiger partial charge in [0.25, 0.3) is 0 Å². The minimum Gasteiger partial charge on any atom is -0.496 e. The summed E-state index contributed by atoms with van der Waals surface area (Å²) in [4.78, 5) is 26.7. The molecule has 0 bridgehead atoms. The number of fused-ring (bicyclic) bond motifs is 3. The number of benzene rings is 3. The molecule has 3 aromatic carbocycles. The van der Waals surface area contributed by atoms with Gasteiger partial charge in [0.1, 0.15) is 22.5 Å². The summed E-state index contributed by atoms with van der Waals surface area (Å²) in [7, 11) is 7.49. The van der Waals surface area contributed by atoms with E-state index in [2.05, 4.69) is 0 Å². The first-order valence-electron chi connectivity index (χ1n) is 13.3. The Labute approximate surface area is 246 Å².